The van der Waals surface area contributed by atoms with Crippen LogP contribution in [-0.4, -0.2) is 43.9 Å². The Morgan fingerprint density at radius 3 is 2.78 bits per heavy atom. The zero-order valence-corrected chi connectivity index (χ0v) is 17.9. The van der Waals surface area contributed by atoms with Crippen LogP contribution < -0.4 is 10.6 Å². The summed E-state index contributed by atoms with van der Waals surface area (Å²) in [6.45, 7) is 2.01. The minimum absolute atomic E-state index is 0.162. The highest BCUT2D eigenvalue weighted by molar-refractivity contribution is 14.1. The summed E-state index contributed by atoms with van der Waals surface area (Å²) in [6, 6.07) is 8.22. The molecule has 2 N–H and O–H groups in total. The van der Waals surface area contributed by atoms with E-state index in [9.17, 15) is 12.8 Å². The molecule has 1 aliphatic rings. The highest BCUT2D eigenvalue weighted by atomic mass is 127. The number of benzene rings is 1. The van der Waals surface area contributed by atoms with Crippen molar-refractivity contribution >= 4 is 64.9 Å². The third-order valence-corrected chi connectivity index (χ3v) is 8.09. The Labute approximate surface area is 174 Å². The summed E-state index contributed by atoms with van der Waals surface area (Å²) in [7, 11) is -3.74. The zero-order chi connectivity index (χ0) is 19.0. The number of piperazine rings is 1. The molecule has 1 aromatic carbocycles. The number of sulfonamides is 1. The third-order valence-electron chi connectivity index (χ3n) is 4.27. The molecular formula is C17H16FIN4O2S2. The fraction of sp³-hybridized carbons (Fsp3) is 0.235. The summed E-state index contributed by atoms with van der Waals surface area (Å²) in [6.07, 6.45) is 1.62. The molecular weight excluding hydrogens is 502 g/mol. The van der Waals surface area contributed by atoms with Gasteiger partial charge in [0.2, 0.25) is 10.0 Å². The Bertz CT molecular complexity index is 1100. The van der Waals surface area contributed by atoms with Crippen molar-refractivity contribution in [3.63, 3.8) is 0 Å². The van der Waals surface area contributed by atoms with Gasteiger partial charge in [0.15, 0.2) is 0 Å². The summed E-state index contributed by atoms with van der Waals surface area (Å²) in [5.41, 5.74) is 0.235. The van der Waals surface area contributed by atoms with E-state index in [2.05, 4.69) is 15.6 Å². The maximum absolute atomic E-state index is 14.3. The van der Waals surface area contributed by atoms with E-state index in [0.29, 0.717) is 41.4 Å². The van der Waals surface area contributed by atoms with Crippen LogP contribution in [-0.2, 0) is 10.0 Å². The molecule has 3 heterocycles. The first-order chi connectivity index (χ1) is 13.0. The number of fused-ring (bicyclic) bond motifs is 1. The van der Waals surface area contributed by atoms with Crippen LogP contribution in [0.5, 0.6) is 0 Å². The molecule has 0 aliphatic carbocycles. The standard InChI is InChI=1S/C17H16FIN4O2S2/c18-13-10-11(19)3-4-14(13)22-17-15(12-2-1-5-21-16(12)26-17)27(24,25)23-8-6-20-7-9-23/h1-5,10,20,22H,6-9H2. The first-order valence-electron chi connectivity index (χ1n) is 8.27. The fourth-order valence-electron chi connectivity index (χ4n) is 2.98. The summed E-state index contributed by atoms with van der Waals surface area (Å²) in [5, 5.41) is 7.06. The third kappa shape index (κ3) is 3.68. The zero-order valence-electron chi connectivity index (χ0n) is 14.1. The summed E-state index contributed by atoms with van der Waals surface area (Å²) in [4.78, 5) is 5.05. The van der Waals surface area contributed by atoms with Gasteiger partial charge in [0.1, 0.15) is 20.5 Å². The Morgan fingerprint density at radius 2 is 2.04 bits per heavy atom. The SMILES string of the molecule is O=S(=O)(c1c(Nc2ccc(I)cc2F)sc2ncccc12)N1CCNCC1. The van der Waals surface area contributed by atoms with E-state index < -0.39 is 15.8 Å². The Hall–Kier alpha value is -1.34. The predicted molar refractivity (Wildman–Crippen MR) is 114 cm³/mol. The van der Waals surface area contributed by atoms with E-state index in [1.807, 2.05) is 22.6 Å². The number of nitrogens with one attached hydrogen (secondary N) is 2. The monoisotopic (exact) mass is 518 g/mol. The molecule has 2 aromatic heterocycles. The molecule has 1 fully saturated rings. The van der Waals surface area contributed by atoms with Gasteiger partial charge in [0.25, 0.3) is 0 Å². The molecule has 0 unspecified atom stereocenters. The number of anilines is 2. The molecule has 0 atom stereocenters. The van der Waals surface area contributed by atoms with Gasteiger partial charge in [-0.3, -0.25) is 0 Å². The van der Waals surface area contributed by atoms with Crippen LogP contribution in [0.3, 0.4) is 0 Å². The van der Waals surface area contributed by atoms with Gasteiger partial charge in [-0.25, -0.2) is 17.8 Å². The van der Waals surface area contributed by atoms with Crippen LogP contribution in [0, 0.1) is 9.39 Å². The molecule has 10 heteroatoms. The van der Waals surface area contributed by atoms with Crippen molar-refractivity contribution in [3.05, 3.63) is 45.9 Å². The van der Waals surface area contributed by atoms with Crippen molar-refractivity contribution in [3.8, 4) is 0 Å². The summed E-state index contributed by atoms with van der Waals surface area (Å²) >= 11 is 3.24. The van der Waals surface area contributed by atoms with E-state index in [4.69, 9.17) is 0 Å². The highest BCUT2D eigenvalue weighted by Gasteiger charge is 2.32. The van der Waals surface area contributed by atoms with Crippen molar-refractivity contribution in [2.24, 2.45) is 0 Å². The lowest BCUT2D eigenvalue weighted by atomic mass is 10.3. The number of thiophene rings is 1. The predicted octanol–water partition coefficient (Wildman–Crippen LogP) is 3.38. The number of pyridine rings is 1. The molecule has 3 aromatic rings. The molecule has 0 spiro atoms. The van der Waals surface area contributed by atoms with Crippen molar-refractivity contribution in [2.75, 3.05) is 31.5 Å². The fourth-order valence-corrected chi connectivity index (χ4v) is 6.53. The van der Waals surface area contributed by atoms with Crippen LogP contribution >= 0.6 is 33.9 Å². The van der Waals surface area contributed by atoms with Crippen molar-refractivity contribution in [1.82, 2.24) is 14.6 Å². The van der Waals surface area contributed by atoms with Gasteiger partial charge < -0.3 is 10.6 Å². The van der Waals surface area contributed by atoms with Gasteiger partial charge >= 0.3 is 0 Å². The topological polar surface area (TPSA) is 74.3 Å². The van der Waals surface area contributed by atoms with Gasteiger partial charge in [-0.2, -0.15) is 4.31 Å². The van der Waals surface area contributed by atoms with Gasteiger partial charge in [-0.15, -0.1) is 0 Å². The Kier molecular flexibility index (Phi) is 5.34. The minimum atomic E-state index is -3.74. The molecule has 0 bridgehead atoms. The van der Waals surface area contributed by atoms with Crippen LogP contribution in [0.15, 0.2) is 41.4 Å². The smallest absolute Gasteiger partial charge is 0.246 e. The molecule has 1 aliphatic heterocycles. The lowest BCUT2D eigenvalue weighted by Gasteiger charge is -2.27. The second-order valence-electron chi connectivity index (χ2n) is 6.02. The van der Waals surface area contributed by atoms with Crippen LogP contribution in [0.4, 0.5) is 15.1 Å². The number of nitrogens with zero attached hydrogens (tertiary/aromatic N) is 2. The Morgan fingerprint density at radius 1 is 1.26 bits per heavy atom. The summed E-state index contributed by atoms with van der Waals surface area (Å²) in [5.74, 6) is -0.433. The minimum Gasteiger partial charge on any atom is -0.344 e. The summed E-state index contributed by atoms with van der Waals surface area (Å²) < 4.78 is 43.3. The maximum Gasteiger partial charge on any atom is 0.246 e. The van der Waals surface area contributed by atoms with E-state index in [-0.39, 0.29) is 10.6 Å². The molecule has 0 radical (unpaired) electrons. The number of hydrogen-bond donors (Lipinski definition) is 2. The maximum atomic E-state index is 14.3. The number of rotatable bonds is 4. The molecule has 0 saturated carbocycles. The second kappa shape index (κ2) is 7.59. The largest absolute Gasteiger partial charge is 0.344 e. The van der Waals surface area contributed by atoms with Crippen LogP contribution in [0.1, 0.15) is 0 Å². The number of hydrogen-bond acceptors (Lipinski definition) is 6. The highest BCUT2D eigenvalue weighted by Crippen LogP contribution is 2.41. The van der Waals surface area contributed by atoms with Crippen molar-refractivity contribution < 1.29 is 12.8 Å². The first-order valence-corrected chi connectivity index (χ1v) is 11.6. The lowest BCUT2D eigenvalue weighted by Crippen LogP contribution is -2.46. The molecule has 6 nitrogen and oxygen atoms in total. The van der Waals surface area contributed by atoms with E-state index >= 15 is 0 Å². The molecule has 142 valence electrons. The number of aromatic nitrogens is 1. The average molecular weight is 518 g/mol. The van der Waals surface area contributed by atoms with E-state index in [0.717, 1.165) is 3.57 Å². The van der Waals surface area contributed by atoms with E-state index in [1.54, 1.807) is 30.5 Å². The molecule has 0 amide bonds. The van der Waals surface area contributed by atoms with Gasteiger partial charge in [-0.05, 0) is 52.9 Å². The van der Waals surface area contributed by atoms with Crippen molar-refractivity contribution in [1.29, 1.82) is 0 Å². The van der Waals surface area contributed by atoms with E-state index in [1.165, 1.54) is 21.7 Å². The second-order valence-corrected chi connectivity index (χ2v) is 10.1. The van der Waals surface area contributed by atoms with Crippen LogP contribution in [0.25, 0.3) is 10.2 Å². The molecule has 27 heavy (non-hydrogen) atoms. The lowest BCUT2D eigenvalue weighted by molar-refractivity contribution is 0.361. The first kappa shape index (κ1) is 19.0. The van der Waals surface area contributed by atoms with Gasteiger partial charge in [0.05, 0.1) is 5.69 Å². The molecule has 1 saturated heterocycles. The van der Waals surface area contributed by atoms with Gasteiger partial charge in [0, 0.05) is 41.3 Å². The quantitative estimate of drug-likeness (QED) is 0.519. The molecule has 4 rings (SSSR count). The van der Waals surface area contributed by atoms with Crippen LogP contribution in [0.2, 0.25) is 0 Å². The normalized spacial score (nSPS) is 15.9. The Balaban J connectivity index is 1.84. The number of halogens is 2. The van der Waals surface area contributed by atoms with Gasteiger partial charge in [-0.1, -0.05) is 11.3 Å². The average Bonchev–Trinajstić information content (AvgIpc) is 3.03. The van der Waals surface area contributed by atoms with Crippen molar-refractivity contribution in [2.45, 2.75) is 4.90 Å².